The van der Waals surface area contributed by atoms with Gasteiger partial charge in [-0.15, -0.1) is 0 Å². The van der Waals surface area contributed by atoms with Crippen molar-refractivity contribution in [2.24, 2.45) is 0 Å². The minimum absolute atomic E-state index is 0.0781. The Morgan fingerprint density at radius 3 is 2.78 bits per heavy atom. The normalized spacial score (nSPS) is 21.6. The first kappa shape index (κ1) is 14.4. The van der Waals surface area contributed by atoms with Crippen LogP contribution in [0.15, 0.2) is 30.5 Å². The van der Waals surface area contributed by atoms with Gasteiger partial charge >= 0.3 is 0 Å². The number of hydrogen-bond acceptors (Lipinski definition) is 2. The van der Waals surface area contributed by atoms with Crippen molar-refractivity contribution in [2.45, 2.75) is 50.6 Å². The molecule has 2 aromatic rings. The first-order valence-electron chi connectivity index (χ1n) is 8.16. The number of rotatable bonds is 3. The molecule has 0 bridgehead atoms. The number of halogens is 1. The van der Waals surface area contributed by atoms with Gasteiger partial charge in [-0.3, -0.25) is 4.79 Å². The van der Waals surface area contributed by atoms with Crippen LogP contribution in [0.2, 0.25) is 0 Å². The van der Waals surface area contributed by atoms with Gasteiger partial charge in [-0.05, 0) is 43.9 Å². The lowest BCUT2D eigenvalue weighted by Gasteiger charge is -2.27. The number of carbonyl (C=O) groups is 1. The highest BCUT2D eigenvalue weighted by molar-refractivity contribution is 5.91. The topological polar surface area (TPSA) is 46.9 Å². The molecule has 1 atom stereocenters. The molecule has 1 aromatic carbocycles. The monoisotopic (exact) mass is 313 g/mol. The zero-order chi connectivity index (χ0) is 16.0. The van der Waals surface area contributed by atoms with E-state index in [0.717, 1.165) is 49.3 Å². The van der Waals surface area contributed by atoms with Gasteiger partial charge in [0.15, 0.2) is 0 Å². The molecule has 1 aliphatic carbocycles. The van der Waals surface area contributed by atoms with Crippen molar-refractivity contribution in [3.05, 3.63) is 53.4 Å². The molecular weight excluding hydrogens is 293 g/mol. The number of aromatic nitrogens is 2. The molecule has 0 saturated heterocycles. The first-order chi connectivity index (χ1) is 11.1. The summed E-state index contributed by atoms with van der Waals surface area (Å²) in [6.07, 6.45) is 5.53. The summed E-state index contributed by atoms with van der Waals surface area (Å²) in [5.74, 6) is 0.919. The van der Waals surface area contributed by atoms with Crippen LogP contribution in [-0.4, -0.2) is 21.5 Å². The van der Waals surface area contributed by atoms with Gasteiger partial charge in [-0.2, -0.15) is 0 Å². The molecule has 1 aromatic heterocycles. The second-order valence-corrected chi connectivity index (χ2v) is 6.75. The highest BCUT2D eigenvalue weighted by Gasteiger charge is 2.51. The molecule has 120 valence electrons. The summed E-state index contributed by atoms with van der Waals surface area (Å²) >= 11 is 0. The highest BCUT2D eigenvalue weighted by atomic mass is 19.1. The van der Waals surface area contributed by atoms with Gasteiger partial charge in [0.1, 0.15) is 11.6 Å². The summed E-state index contributed by atoms with van der Waals surface area (Å²) in [5, 5.41) is 3.20. The van der Waals surface area contributed by atoms with E-state index >= 15 is 0 Å². The predicted molar refractivity (Wildman–Crippen MR) is 84.5 cm³/mol. The molecule has 0 unspecified atom stereocenters. The minimum Gasteiger partial charge on any atom is -0.351 e. The van der Waals surface area contributed by atoms with Crippen molar-refractivity contribution in [1.29, 1.82) is 0 Å². The predicted octanol–water partition coefficient (Wildman–Crippen LogP) is 2.49. The van der Waals surface area contributed by atoms with Crippen LogP contribution in [0, 0.1) is 12.7 Å². The summed E-state index contributed by atoms with van der Waals surface area (Å²) in [4.78, 5) is 17.3. The lowest BCUT2D eigenvalue weighted by Crippen LogP contribution is -2.45. The lowest BCUT2D eigenvalue weighted by molar-refractivity contribution is -0.124. The van der Waals surface area contributed by atoms with Crippen molar-refractivity contribution in [3.63, 3.8) is 0 Å². The second kappa shape index (κ2) is 5.18. The zero-order valence-corrected chi connectivity index (χ0v) is 13.2. The van der Waals surface area contributed by atoms with Gasteiger partial charge in [0, 0.05) is 25.2 Å². The third-order valence-corrected chi connectivity index (χ3v) is 5.03. The minimum atomic E-state index is -0.446. The number of aryl methyl sites for hydroxylation is 2. The number of nitrogens with zero attached hydrogens (tertiary/aromatic N) is 2. The first-order valence-corrected chi connectivity index (χ1v) is 8.16. The third kappa shape index (κ3) is 2.54. The Morgan fingerprint density at radius 2 is 2.09 bits per heavy atom. The Bertz CT molecular complexity index is 746. The van der Waals surface area contributed by atoms with Gasteiger partial charge in [0.25, 0.3) is 0 Å². The zero-order valence-electron chi connectivity index (χ0n) is 13.2. The molecular formula is C18H20FN3O. The summed E-state index contributed by atoms with van der Waals surface area (Å²) in [7, 11) is 0. The largest absolute Gasteiger partial charge is 0.351 e. The molecule has 1 amide bonds. The van der Waals surface area contributed by atoms with Gasteiger partial charge in [-0.1, -0.05) is 12.1 Å². The van der Waals surface area contributed by atoms with E-state index < -0.39 is 5.41 Å². The number of benzene rings is 1. The molecule has 4 nitrogen and oxygen atoms in total. The average Bonchev–Trinajstić information content (AvgIpc) is 3.25. The fourth-order valence-corrected chi connectivity index (χ4v) is 3.57. The van der Waals surface area contributed by atoms with E-state index in [-0.39, 0.29) is 17.8 Å². The standard InChI is InChI=1S/C18H20FN3O/c1-12-10-22-11-15(6-7-16(22)20-12)21-17(23)18(8-9-18)13-2-4-14(19)5-3-13/h2-5,10,15H,6-9,11H2,1H3,(H,21,23)/t15-/m0/s1. The molecule has 2 heterocycles. The van der Waals surface area contributed by atoms with E-state index in [9.17, 15) is 9.18 Å². The molecule has 4 rings (SSSR count). The van der Waals surface area contributed by atoms with Crippen molar-refractivity contribution in [3.8, 4) is 0 Å². The molecule has 0 radical (unpaired) electrons. The molecule has 1 aliphatic heterocycles. The van der Waals surface area contributed by atoms with E-state index in [1.54, 1.807) is 12.1 Å². The molecule has 23 heavy (non-hydrogen) atoms. The van der Waals surface area contributed by atoms with E-state index in [4.69, 9.17) is 0 Å². The van der Waals surface area contributed by atoms with Crippen LogP contribution in [0.3, 0.4) is 0 Å². The number of carbonyl (C=O) groups excluding carboxylic acids is 1. The van der Waals surface area contributed by atoms with Crippen LogP contribution in [0.4, 0.5) is 4.39 Å². The van der Waals surface area contributed by atoms with Crippen molar-refractivity contribution >= 4 is 5.91 Å². The summed E-state index contributed by atoms with van der Waals surface area (Å²) in [6, 6.07) is 6.48. The molecule has 1 fully saturated rings. The van der Waals surface area contributed by atoms with Gasteiger partial charge in [0.2, 0.25) is 5.91 Å². The van der Waals surface area contributed by atoms with Crippen molar-refractivity contribution in [1.82, 2.24) is 14.9 Å². The maximum absolute atomic E-state index is 13.1. The molecule has 1 N–H and O–H groups in total. The van der Waals surface area contributed by atoms with Gasteiger partial charge < -0.3 is 9.88 Å². The lowest BCUT2D eigenvalue weighted by atomic mass is 9.94. The number of hydrogen-bond donors (Lipinski definition) is 1. The molecule has 2 aliphatic rings. The summed E-state index contributed by atoms with van der Waals surface area (Å²) < 4.78 is 15.2. The molecule has 5 heteroatoms. The van der Waals surface area contributed by atoms with Crippen LogP contribution < -0.4 is 5.32 Å². The smallest absolute Gasteiger partial charge is 0.230 e. The second-order valence-electron chi connectivity index (χ2n) is 6.75. The number of imidazole rings is 1. The van der Waals surface area contributed by atoms with Gasteiger partial charge in [-0.25, -0.2) is 9.37 Å². The Morgan fingerprint density at radius 1 is 1.35 bits per heavy atom. The maximum atomic E-state index is 13.1. The number of fused-ring (bicyclic) bond motifs is 1. The van der Waals surface area contributed by atoms with Crippen LogP contribution in [-0.2, 0) is 23.2 Å². The summed E-state index contributed by atoms with van der Waals surface area (Å²) in [5.41, 5.74) is 1.50. The number of nitrogens with one attached hydrogen (secondary N) is 1. The Labute approximate surface area is 134 Å². The SMILES string of the molecule is Cc1cn2c(n1)CC[C@H](NC(=O)C1(c3ccc(F)cc3)CC1)C2. The fourth-order valence-electron chi connectivity index (χ4n) is 3.57. The van der Waals surface area contributed by atoms with E-state index in [0.29, 0.717) is 0 Å². The number of amides is 1. The highest BCUT2D eigenvalue weighted by Crippen LogP contribution is 2.48. The summed E-state index contributed by atoms with van der Waals surface area (Å²) in [6.45, 7) is 2.77. The molecule has 1 saturated carbocycles. The maximum Gasteiger partial charge on any atom is 0.230 e. The van der Waals surface area contributed by atoms with Crippen LogP contribution in [0.5, 0.6) is 0 Å². The van der Waals surface area contributed by atoms with Crippen LogP contribution in [0.1, 0.15) is 36.3 Å². The van der Waals surface area contributed by atoms with E-state index in [2.05, 4.69) is 14.9 Å². The van der Waals surface area contributed by atoms with Crippen LogP contribution in [0.25, 0.3) is 0 Å². The van der Waals surface area contributed by atoms with Crippen LogP contribution >= 0.6 is 0 Å². The van der Waals surface area contributed by atoms with Crippen molar-refractivity contribution < 1.29 is 9.18 Å². The Kier molecular flexibility index (Phi) is 3.25. The Hall–Kier alpha value is -2.17. The Balaban J connectivity index is 1.47. The quantitative estimate of drug-likeness (QED) is 0.946. The fraction of sp³-hybridized carbons (Fsp3) is 0.444. The average molecular weight is 313 g/mol. The van der Waals surface area contributed by atoms with Gasteiger partial charge in [0.05, 0.1) is 11.1 Å². The van der Waals surface area contributed by atoms with E-state index in [1.165, 1.54) is 12.1 Å². The molecule has 0 spiro atoms. The van der Waals surface area contributed by atoms with E-state index in [1.807, 2.05) is 13.1 Å². The third-order valence-electron chi connectivity index (χ3n) is 5.03. The van der Waals surface area contributed by atoms with Crippen molar-refractivity contribution in [2.75, 3.05) is 0 Å².